The van der Waals surface area contributed by atoms with Gasteiger partial charge in [0.25, 0.3) is 5.69 Å². The number of ether oxygens (including phenoxy) is 1. The van der Waals surface area contributed by atoms with Gasteiger partial charge in [0.1, 0.15) is 0 Å². The lowest BCUT2D eigenvalue weighted by molar-refractivity contribution is -0.384. The molecular weight excluding hydrogens is 262 g/mol. The number of esters is 1. The van der Waals surface area contributed by atoms with Crippen LogP contribution in [0.4, 0.5) is 5.69 Å². The minimum Gasteiger partial charge on any atom is -0.469 e. The van der Waals surface area contributed by atoms with Crippen molar-refractivity contribution in [1.82, 2.24) is 9.78 Å². The third-order valence-corrected chi connectivity index (χ3v) is 2.80. The number of hydrogen-bond acceptors (Lipinski definition) is 5. The van der Waals surface area contributed by atoms with E-state index in [1.54, 1.807) is 22.9 Å². The maximum atomic E-state index is 11.2. The van der Waals surface area contributed by atoms with Gasteiger partial charge in [-0.25, -0.2) is 4.68 Å². The van der Waals surface area contributed by atoms with Crippen molar-refractivity contribution in [1.29, 1.82) is 0 Å². The number of aryl methyl sites for hydroxylation is 1. The van der Waals surface area contributed by atoms with Gasteiger partial charge in [0.15, 0.2) is 0 Å². The van der Waals surface area contributed by atoms with Crippen molar-refractivity contribution in [2.75, 3.05) is 7.11 Å². The maximum absolute atomic E-state index is 11.2. The number of rotatable bonds is 4. The van der Waals surface area contributed by atoms with Gasteiger partial charge >= 0.3 is 5.97 Å². The first-order valence-electron chi connectivity index (χ1n) is 5.88. The summed E-state index contributed by atoms with van der Waals surface area (Å²) in [5.74, 6) is -0.363. The summed E-state index contributed by atoms with van der Waals surface area (Å²) in [5, 5.41) is 14.9. The standard InChI is InChI=1S/C13H13N3O4/c1-9-7-10(8-13(17)20-2)14-15(9)11-3-5-12(6-4-11)16(18)19/h3-7H,8H2,1-2H3. The van der Waals surface area contributed by atoms with Crippen molar-refractivity contribution in [3.05, 3.63) is 51.8 Å². The van der Waals surface area contributed by atoms with Crippen LogP contribution < -0.4 is 0 Å². The molecule has 0 spiro atoms. The third kappa shape index (κ3) is 2.82. The van der Waals surface area contributed by atoms with E-state index in [1.165, 1.54) is 19.2 Å². The highest BCUT2D eigenvalue weighted by Crippen LogP contribution is 2.17. The van der Waals surface area contributed by atoms with Gasteiger partial charge < -0.3 is 4.74 Å². The lowest BCUT2D eigenvalue weighted by atomic mass is 10.2. The van der Waals surface area contributed by atoms with E-state index in [4.69, 9.17) is 0 Å². The van der Waals surface area contributed by atoms with Crippen molar-refractivity contribution in [3.63, 3.8) is 0 Å². The van der Waals surface area contributed by atoms with Crippen LogP contribution in [0.25, 0.3) is 5.69 Å². The highest BCUT2D eigenvalue weighted by Gasteiger charge is 2.11. The van der Waals surface area contributed by atoms with Gasteiger partial charge in [-0.05, 0) is 25.1 Å². The van der Waals surface area contributed by atoms with Gasteiger partial charge in [-0.15, -0.1) is 0 Å². The molecule has 0 amide bonds. The first-order chi connectivity index (χ1) is 9.51. The Labute approximate surface area is 114 Å². The second-order valence-corrected chi connectivity index (χ2v) is 4.22. The van der Waals surface area contributed by atoms with Crippen LogP contribution in [-0.4, -0.2) is 27.8 Å². The van der Waals surface area contributed by atoms with Crippen molar-refractivity contribution in [2.45, 2.75) is 13.3 Å². The van der Waals surface area contributed by atoms with Crippen LogP contribution in [-0.2, 0) is 16.0 Å². The molecule has 2 rings (SSSR count). The first kappa shape index (κ1) is 13.7. The van der Waals surface area contributed by atoms with Crippen molar-refractivity contribution < 1.29 is 14.5 Å². The van der Waals surface area contributed by atoms with E-state index in [9.17, 15) is 14.9 Å². The van der Waals surface area contributed by atoms with Crippen molar-refractivity contribution in [2.24, 2.45) is 0 Å². The summed E-state index contributed by atoms with van der Waals surface area (Å²) in [5.41, 5.74) is 2.14. The largest absolute Gasteiger partial charge is 0.469 e. The SMILES string of the molecule is COC(=O)Cc1cc(C)n(-c2ccc([N+](=O)[O-])cc2)n1. The summed E-state index contributed by atoms with van der Waals surface area (Å²) in [6, 6.07) is 7.82. The minimum absolute atomic E-state index is 0.0216. The zero-order chi connectivity index (χ0) is 14.7. The van der Waals surface area contributed by atoms with Crippen LogP contribution in [0.3, 0.4) is 0 Å². The number of carbonyl (C=O) groups excluding carboxylic acids is 1. The predicted molar refractivity (Wildman–Crippen MR) is 70.7 cm³/mol. The highest BCUT2D eigenvalue weighted by molar-refractivity contribution is 5.71. The molecule has 7 nitrogen and oxygen atoms in total. The molecule has 0 atom stereocenters. The van der Waals surface area contributed by atoms with Gasteiger partial charge in [0.2, 0.25) is 0 Å². The summed E-state index contributed by atoms with van der Waals surface area (Å²) in [6.07, 6.45) is 0.0946. The Hall–Kier alpha value is -2.70. The van der Waals surface area contributed by atoms with E-state index < -0.39 is 4.92 Å². The van der Waals surface area contributed by atoms with Crippen LogP contribution in [0.5, 0.6) is 0 Å². The molecule has 1 heterocycles. The van der Waals surface area contributed by atoms with Gasteiger partial charge in [0, 0.05) is 17.8 Å². The van der Waals surface area contributed by atoms with Gasteiger partial charge in [-0.1, -0.05) is 0 Å². The average molecular weight is 275 g/mol. The van der Waals surface area contributed by atoms with Crippen LogP contribution in [0.15, 0.2) is 30.3 Å². The normalized spacial score (nSPS) is 10.3. The first-order valence-corrected chi connectivity index (χ1v) is 5.88. The number of nitro benzene ring substituents is 1. The molecule has 20 heavy (non-hydrogen) atoms. The van der Waals surface area contributed by atoms with Gasteiger partial charge in [0.05, 0.1) is 29.8 Å². The lowest BCUT2D eigenvalue weighted by Crippen LogP contribution is -2.06. The summed E-state index contributed by atoms with van der Waals surface area (Å²) in [6.45, 7) is 1.84. The predicted octanol–water partition coefficient (Wildman–Crippen LogP) is 1.80. The summed E-state index contributed by atoms with van der Waals surface area (Å²) >= 11 is 0. The summed E-state index contributed by atoms with van der Waals surface area (Å²) in [4.78, 5) is 21.4. The minimum atomic E-state index is -0.456. The molecule has 0 bridgehead atoms. The number of carbonyl (C=O) groups is 1. The van der Waals surface area contributed by atoms with E-state index in [1.807, 2.05) is 6.92 Å². The Kier molecular flexibility index (Phi) is 3.79. The van der Waals surface area contributed by atoms with Gasteiger partial charge in [-0.3, -0.25) is 14.9 Å². The molecule has 104 valence electrons. The lowest BCUT2D eigenvalue weighted by Gasteiger charge is -2.03. The Morgan fingerprint density at radius 2 is 2.05 bits per heavy atom. The van der Waals surface area contributed by atoms with Gasteiger partial charge in [-0.2, -0.15) is 5.10 Å². The molecule has 1 aromatic carbocycles. The number of hydrogen-bond donors (Lipinski definition) is 0. The molecule has 0 fully saturated rings. The molecule has 0 saturated heterocycles. The Balaban J connectivity index is 2.28. The molecule has 7 heteroatoms. The molecule has 1 aromatic heterocycles. The smallest absolute Gasteiger partial charge is 0.311 e. The van der Waals surface area contributed by atoms with E-state index in [2.05, 4.69) is 9.84 Å². The number of aromatic nitrogens is 2. The Bertz CT molecular complexity index is 646. The fourth-order valence-electron chi connectivity index (χ4n) is 1.82. The topological polar surface area (TPSA) is 87.3 Å². The van der Waals surface area contributed by atoms with Crippen LogP contribution in [0, 0.1) is 17.0 Å². The van der Waals surface area contributed by atoms with E-state index in [0.717, 1.165) is 5.69 Å². The van der Waals surface area contributed by atoms with E-state index in [0.29, 0.717) is 11.4 Å². The number of benzene rings is 1. The molecule has 0 saturated carbocycles. The van der Waals surface area contributed by atoms with Crippen molar-refractivity contribution >= 4 is 11.7 Å². The number of non-ortho nitro benzene ring substituents is 1. The fraction of sp³-hybridized carbons (Fsp3) is 0.231. The average Bonchev–Trinajstić information content (AvgIpc) is 2.79. The Morgan fingerprint density at radius 1 is 1.40 bits per heavy atom. The second-order valence-electron chi connectivity index (χ2n) is 4.22. The summed E-state index contributed by atoms with van der Waals surface area (Å²) < 4.78 is 6.21. The maximum Gasteiger partial charge on any atom is 0.311 e. The third-order valence-electron chi connectivity index (χ3n) is 2.80. The van der Waals surface area contributed by atoms with Crippen LogP contribution in [0.2, 0.25) is 0 Å². The molecule has 0 radical (unpaired) electrons. The van der Waals surface area contributed by atoms with Crippen LogP contribution in [0.1, 0.15) is 11.4 Å². The molecule has 2 aromatic rings. The monoisotopic (exact) mass is 275 g/mol. The highest BCUT2D eigenvalue weighted by atomic mass is 16.6. The van der Waals surface area contributed by atoms with E-state index >= 15 is 0 Å². The number of nitro groups is 1. The fourth-order valence-corrected chi connectivity index (χ4v) is 1.82. The molecule has 0 N–H and O–H groups in total. The number of nitrogens with zero attached hydrogens (tertiary/aromatic N) is 3. The summed E-state index contributed by atoms with van der Waals surface area (Å²) in [7, 11) is 1.32. The zero-order valence-electron chi connectivity index (χ0n) is 11.1. The molecule has 0 aliphatic rings. The molecule has 0 unspecified atom stereocenters. The van der Waals surface area contributed by atoms with Crippen LogP contribution >= 0.6 is 0 Å². The Morgan fingerprint density at radius 3 is 2.60 bits per heavy atom. The zero-order valence-corrected chi connectivity index (χ0v) is 11.1. The second kappa shape index (κ2) is 5.52. The number of methoxy groups -OCH3 is 1. The quantitative estimate of drug-likeness (QED) is 0.482. The molecule has 0 aliphatic carbocycles. The molecular formula is C13H13N3O4. The van der Waals surface area contributed by atoms with E-state index in [-0.39, 0.29) is 18.1 Å². The molecule has 0 aliphatic heterocycles. The van der Waals surface area contributed by atoms with Crippen molar-refractivity contribution in [3.8, 4) is 5.69 Å².